The number of hydrogen-bond donors (Lipinski definition) is 1. The lowest BCUT2D eigenvalue weighted by Gasteiger charge is -2.27. The van der Waals surface area contributed by atoms with Crippen LogP contribution in [0.3, 0.4) is 0 Å². The molecule has 0 atom stereocenters. The van der Waals surface area contributed by atoms with Gasteiger partial charge in [-0.05, 0) is 44.2 Å². The molecule has 2 saturated carbocycles. The summed E-state index contributed by atoms with van der Waals surface area (Å²) in [4.78, 5) is 0. The zero-order valence-corrected chi connectivity index (χ0v) is 11.9. The van der Waals surface area contributed by atoms with Crippen molar-refractivity contribution in [2.24, 2.45) is 0 Å². The third-order valence-corrected chi connectivity index (χ3v) is 5.84. The fourth-order valence-electron chi connectivity index (χ4n) is 2.87. The highest BCUT2D eigenvalue weighted by molar-refractivity contribution is 8.00. The molecule has 3 rings (SSSR count). The summed E-state index contributed by atoms with van der Waals surface area (Å²) in [5.74, 6) is 1.87. The summed E-state index contributed by atoms with van der Waals surface area (Å²) in [6.07, 6.45) is 10.2. The lowest BCUT2D eigenvalue weighted by molar-refractivity contribution is 0.488. The first-order valence-electron chi connectivity index (χ1n) is 6.44. The van der Waals surface area contributed by atoms with Gasteiger partial charge in [0.25, 0.3) is 0 Å². The van der Waals surface area contributed by atoms with Gasteiger partial charge >= 0.3 is 0 Å². The Balaban J connectivity index is 1.88. The molecule has 2 fully saturated rings. The van der Waals surface area contributed by atoms with E-state index in [1.54, 1.807) is 0 Å². The van der Waals surface area contributed by atoms with Crippen molar-refractivity contribution < 1.29 is 0 Å². The van der Waals surface area contributed by atoms with Gasteiger partial charge in [0.15, 0.2) is 4.77 Å². The summed E-state index contributed by atoms with van der Waals surface area (Å²) < 4.78 is 3.49. The van der Waals surface area contributed by atoms with Gasteiger partial charge in [0.1, 0.15) is 5.82 Å². The van der Waals surface area contributed by atoms with Crippen molar-refractivity contribution in [3.8, 4) is 0 Å². The molecule has 1 aromatic rings. The van der Waals surface area contributed by atoms with Crippen LogP contribution in [0.1, 0.15) is 50.3 Å². The normalized spacial score (nSPS) is 23.1. The molecule has 1 heterocycles. The number of nitrogens with zero attached hydrogens (tertiary/aromatic N) is 2. The van der Waals surface area contributed by atoms with Crippen molar-refractivity contribution in [1.29, 1.82) is 0 Å². The molecule has 0 bridgehead atoms. The molecule has 2 aliphatic carbocycles. The number of hydrogen-bond acceptors (Lipinski definition) is 3. The minimum absolute atomic E-state index is 0.408. The summed E-state index contributed by atoms with van der Waals surface area (Å²) in [6.45, 7) is 1.05. The van der Waals surface area contributed by atoms with Gasteiger partial charge in [0.05, 0.1) is 0 Å². The van der Waals surface area contributed by atoms with Gasteiger partial charge in [0.2, 0.25) is 0 Å². The van der Waals surface area contributed by atoms with E-state index in [0.29, 0.717) is 10.7 Å². The first-order chi connectivity index (χ1) is 8.24. The van der Waals surface area contributed by atoms with Gasteiger partial charge < -0.3 is 4.57 Å². The predicted octanol–water partition coefficient (Wildman–Crippen LogP) is 3.49. The summed E-state index contributed by atoms with van der Waals surface area (Å²) in [5.41, 5.74) is 0. The number of rotatable bonds is 4. The molecule has 0 unspecified atom stereocenters. The maximum absolute atomic E-state index is 5.39. The predicted molar refractivity (Wildman–Crippen MR) is 74.1 cm³/mol. The van der Waals surface area contributed by atoms with Crippen molar-refractivity contribution in [2.45, 2.75) is 55.7 Å². The molecule has 1 aromatic heterocycles. The fraction of sp³-hybridized carbons (Fsp3) is 0.833. The first kappa shape index (κ1) is 11.8. The Kier molecular flexibility index (Phi) is 3.07. The fourth-order valence-corrected chi connectivity index (χ4v) is 4.03. The summed E-state index contributed by atoms with van der Waals surface area (Å²) in [7, 11) is 0. The number of H-pyrrole nitrogens is 1. The van der Waals surface area contributed by atoms with E-state index in [-0.39, 0.29) is 0 Å². The lowest BCUT2D eigenvalue weighted by atomic mass is 10.1. The molecular weight excluding hydrogens is 250 g/mol. The van der Waals surface area contributed by atoms with Crippen LogP contribution in [0.4, 0.5) is 0 Å². The van der Waals surface area contributed by atoms with E-state index in [0.717, 1.165) is 11.3 Å². The van der Waals surface area contributed by atoms with Gasteiger partial charge in [-0.25, -0.2) is 0 Å². The average Bonchev–Trinajstić information content (AvgIpc) is 2.97. The second kappa shape index (κ2) is 4.43. The van der Waals surface area contributed by atoms with Crippen molar-refractivity contribution >= 4 is 24.0 Å². The Morgan fingerprint density at radius 2 is 2.18 bits per heavy atom. The molecule has 1 N–H and O–H groups in total. The van der Waals surface area contributed by atoms with Crippen LogP contribution >= 0.6 is 24.0 Å². The molecule has 94 valence electrons. The number of aromatic amines is 1. The van der Waals surface area contributed by atoms with Crippen molar-refractivity contribution in [1.82, 2.24) is 14.8 Å². The highest BCUT2D eigenvalue weighted by Crippen LogP contribution is 2.44. The Morgan fingerprint density at radius 3 is 2.76 bits per heavy atom. The van der Waals surface area contributed by atoms with E-state index < -0.39 is 0 Å². The quantitative estimate of drug-likeness (QED) is 0.849. The van der Waals surface area contributed by atoms with Crippen LogP contribution < -0.4 is 0 Å². The third-order valence-electron chi connectivity index (χ3n) is 4.12. The van der Waals surface area contributed by atoms with Gasteiger partial charge in [-0.2, -0.15) is 16.9 Å². The smallest absolute Gasteiger partial charge is 0.195 e. The molecule has 0 radical (unpaired) electrons. The molecule has 0 aromatic carbocycles. The minimum Gasteiger partial charge on any atom is -0.303 e. The molecule has 3 nitrogen and oxygen atoms in total. The zero-order chi connectivity index (χ0) is 11.9. The van der Waals surface area contributed by atoms with Crippen molar-refractivity contribution in [3.05, 3.63) is 10.6 Å². The maximum atomic E-state index is 5.39. The third kappa shape index (κ3) is 2.19. The highest BCUT2D eigenvalue weighted by atomic mass is 32.2. The topological polar surface area (TPSA) is 33.6 Å². The van der Waals surface area contributed by atoms with Crippen LogP contribution in [-0.2, 0) is 6.54 Å². The Bertz CT molecular complexity index is 453. The van der Waals surface area contributed by atoms with Crippen LogP contribution in [0.25, 0.3) is 0 Å². The van der Waals surface area contributed by atoms with E-state index in [1.165, 1.54) is 44.3 Å². The largest absolute Gasteiger partial charge is 0.303 e. The van der Waals surface area contributed by atoms with Crippen LogP contribution in [0.15, 0.2) is 0 Å². The number of thioether (sulfide) groups is 1. The van der Waals surface area contributed by atoms with Crippen LogP contribution in [0.2, 0.25) is 0 Å². The van der Waals surface area contributed by atoms with E-state index in [4.69, 9.17) is 12.2 Å². The summed E-state index contributed by atoms with van der Waals surface area (Å²) in [6, 6.07) is 0. The SMILES string of the molecule is CSC1(Cn2c(C3CC3)n[nH]c2=S)CCCC1. The molecule has 5 heteroatoms. The second-order valence-corrected chi connectivity index (χ2v) is 7.00. The highest BCUT2D eigenvalue weighted by Gasteiger charge is 2.36. The van der Waals surface area contributed by atoms with Gasteiger partial charge in [-0.3, -0.25) is 5.10 Å². The van der Waals surface area contributed by atoms with Crippen LogP contribution in [-0.4, -0.2) is 25.8 Å². The van der Waals surface area contributed by atoms with Gasteiger partial charge in [0, 0.05) is 17.2 Å². The standard InChI is InChI=1S/C12H19N3S2/c1-17-12(6-2-3-7-12)8-15-10(9-4-5-9)13-14-11(15)16/h9H,2-8H2,1H3,(H,14,16). The Hall–Kier alpha value is -0.290. The molecule has 2 aliphatic rings. The monoisotopic (exact) mass is 269 g/mol. The summed E-state index contributed by atoms with van der Waals surface area (Å²) >= 11 is 7.41. The Labute approximate surface area is 111 Å². The second-order valence-electron chi connectivity index (χ2n) is 5.34. The van der Waals surface area contributed by atoms with Gasteiger partial charge in [-0.1, -0.05) is 12.8 Å². The molecule has 0 spiro atoms. The van der Waals surface area contributed by atoms with Crippen molar-refractivity contribution in [2.75, 3.05) is 6.26 Å². The van der Waals surface area contributed by atoms with Crippen LogP contribution in [0.5, 0.6) is 0 Å². The van der Waals surface area contributed by atoms with E-state index in [1.807, 2.05) is 11.8 Å². The average molecular weight is 269 g/mol. The first-order valence-corrected chi connectivity index (χ1v) is 8.08. The molecular formula is C12H19N3S2. The molecule has 0 amide bonds. The number of nitrogens with one attached hydrogen (secondary N) is 1. The van der Waals surface area contributed by atoms with Gasteiger partial charge in [-0.15, -0.1) is 0 Å². The summed E-state index contributed by atoms with van der Waals surface area (Å²) in [5, 5.41) is 7.40. The lowest BCUT2D eigenvalue weighted by Crippen LogP contribution is -2.27. The van der Waals surface area contributed by atoms with E-state index >= 15 is 0 Å². The number of aromatic nitrogens is 3. The zero-order valence-electron chi connectivity index (χ0n) is 10.2. The molecule has 0 saturated heterocycles. The minimum atomic E-state index is 0.408. The molecule has 17 heavy (non-hydrogen) atoms. The van der Waals surface area contributed by atoms with E-state index in [9.17, 15) is 0 Å². The van der Waals surface area contributed by atoms with Crippen molar-refractivity contribution in [3.63, 3.8) is 0 Å². The van der Waals surface area contributed by atoms with E-state index in [2.05, 4.69) is 21.0 Å². The molecule has 0 aliphatic heterocycles. The Morgan fingerprint density at radius 1 is 1.47 bits per heavy atom. The maximum Gasteiger partial charge on any atom is 0.195 e. The van der Waals surface area contributed by atoms with Crippen LogP contribution in [0, 0.1) is 4.77 Å².